The van der Waals surface area contributed by atoms with Crippen molar-refractivity contribution in [1.82, 2.24) is 0 Å². The summed E-state index contributed by atoms with van der Waals surface area (Å²) in [4.78, 5) is 12.8. The second-order valence-electron chi connectivity index (χ2n) is 7.31. The lowest BCUT2D eigenvalue weighted by Gasteiger charge is -2.43. The van der Waals surface area contributed by atoms with Crippen LogP contribution in [-0.4, -0.2) is 21.6 Å². The Morgan fingerprint density at radius 1 is 1.12 bits per heavy atom. The molecule has 0 radical (unpaired) electrons. The van der Waals surface area contributed by atoms with E-state index in [0.717, 1.165) is 24.0 Å². The summed E-state index contributed by atoms with van der Waals surface area (Å²) >= 11 is 0. The summed E-state index contributed by atoms with van der Waals surface area (Å²) < 4.78 is 0. The quantitative estimate of drug-likeness (QED) is 0.891. The highest BCUT2D eigenvalue weighted by molar-refractivity contribution is 5.89. The van der Waals surface area contributed by atoms with Crippen molar-refractivity contribution in [3.05, 3.63) is 65.2 Å². The smallest absolute Gasteiger partial charge is 0.165 e. The van der Waals surface area contributed by atoms with Crippen LogP contribution in [0.25, 0.3) is 0 Å². The van der Waals surface area contributed by atoms with Gasteiger partial charge >= 0.3 is 0 Å². The van der Waals surface area contributed by atoms with Crippen LogP contribution >= 0.6 is 0 Å². The lowest BCUT2D eigenvalue weighted by atomic mass is 9.62. The molecule has 2 aliphatic rings. The standard InChI is InChI=1S/C21H22O3/c22-17-8-9-18-15(10-17)6-7-16-13-21(24,20(23)11-19(16)18)12-14-4-2-1-3-5-14/h1-5,8-10,16,19,22,24H,6-7,11-13H2/t16-,19-,21+/m1/s1. The summed E-state index contributed by atoms with van der Waals surface area (Å²) in [6.45, 7) is 0. The number of hydrogen-bond acceptors (Lipinski definition) is 3. The highest BCUT2D eigenvalue weighted by Crippen LogP contribution is 2.48. The average molecular weight is 322 g/mol. The maximum atomic E-state index is 12.8. The largest absolute Gasteiger partial charge is 0.508 e. The Balaban J connectivity index is 1.60. The predicted octanol–water partition coefficient (Wildman–Crippen LogP) is 3.37. The predicted molar refractivity (Wildman–Crippen MR) is 92.0 cm³/mol. The number of carbonyl (C=O) groups excluding carboxylic acids is 1. The van der Waals surface area contributed by atoms with E-state index in [4.69, 9.17) is 0 Å². The van der Waals surface area contributed by atoms with E-state index in [1.54, 1.807) is 6.07 Å². The fourth-order valence-corrected chi connectivity index (χ4v) is 4.53. The molecule has 0 spiro atoms. The third-order valence-corrected chi connectivity index (χ3v) is 5.74. The number of fused-ring (bicyclic) bond motifs is 3. The molecule has 0 saturated heterocycles. The van der Waals surface area contributed by atoms with Crippen LogP contribution < -0.4 is 0 Å². The van der Waals surface area contributed by atoms with Crippen molar-refractivity contribution in [2.75, 3.05) is 0 Å². The maximum absolute atomic E-state index is 12.8. The Morgan fingerprint density at radius 3 is 2.71 bits per heavy atom. The van der Waals surface area contributed by atoms with Gasteiger partial charge in [-0.25, -0.2) is 0 Å². The van der Waals surface area contributed by atoms with Crippen molar-refractivity contribution >= 4 is 5.78 Å². The molecule has 2 aromatic rings. The number of benzene rings is 2. The van der Waals surface area contributed by atoms with Crippen LogP contribution in [0.1, 0.15) is 41.9 Å². The van der Waals surface area contributed by atoms with Gasteiger partial charge in [0.15, 0.2) is 5.78 Å². The van der Waals surface area contributed by atoms with Gasteiger partial charge in [-0.2, -0.15) is 0 Å². The van der Waals surface area contributed by atoms with Crippen molar-refractivity contribution in [1.29, 1.82) is 0 Å². The zero-order chi connectivity index (χ0) is 16.7. The number of carbonyl (C=O) groups is 1. The van der Waals surface area contributed by atoms with Gasteiger partial charge in [-0.3, -0.25) is 4.79 Å². The molecule has 0 amide bonds. The average Bonchev–Trinajstić information content (AvgIpc) is 2.57. The minimum Gasteiger partial charge on any atom is -0.508 e. The molecule has 0 unspecified atom stereocenters. The van der Waals surface area contributed by atoms with Crippen molar-refractivity contribution in [2.45, 2.75) is 43.6 Å². The fourth-order valence-electron chi connectivity index (χ4n) is 4.53. The van der Waals surface area contributed by atoms with Gasteiger partial charge in [-0.05, 0) is 59.9 Å². The molecule has 0 heterocycles. The molecule has 24 heavy (non-hydrogen) atoms. The minimum absolute atomic E-state index is 0.0477. The number of Topliss-reactive ketones (excluding diaryl/α,β-unsaturated/α-hetero) is 1. The summed E-state index contributed by atoms with van der Waals surface area (Å²) in [6, 6.07) is 15.2. The SMILES string of the molecule is O=C1C[C@H]2c3ccc(O)cc3CC[C@@H]2C[C@@]1(O)Cc1ccccc1. The molecule has 0 aromatic heterocycles. The van der Waals surface area contributed by atoms with Gasteiger partial charge < -0.3 is 10.2 Å². The Bertz CT molecular complexity index is 768. The van der Waals surface area contributed by atoms with Gasteiger partial charge in [-0.15, -0.1) is 0 Å². The van der Waals surface area contributed by atoms with E-state index in [0.29, 0.717) is 25.2 Å². The van der Waals surface area contributed by atoms with Crippen LogP contribution in [0.5, 0.6) is 5.75 Å². The van der Waals surface area contributed by atoms with Crippen molar-refractivity contribution in [3.63, 3.8) is 0 Å². The highest BCUT2D eigenvalue weighted by atomic mass is 16.3. The maximum Gasteiger partial charge on any atom is 0.165 e. The first-order valence-corrected chi connectivity index (χ1v) is 8.66. The van der Waals surface area contributed by atoms with Crippen LogP contribution in [-0.2, 0) is 17.6 Å². The first-order chi connectivity index (χ1) is 11.5. The van der Waals surface area contributed by atoms with Crippen molar-refractivity contribution in [3.8, 4) is 5.75 Å². The zero-order valence-electron chi connectivity index (χ0n) is 13.6. The number of phenolic OH excluding ortho intramolecular Hbond substituents is 1. The van der Waals surface area contributed by atoms with Gasteiger partial charge in [-0.1, -0.05) is 36.4 Å². The lowest BCUT2D eigenvalue weighted by molar-refractivity contribution is -0.144. The summed E-state index contributed by atoms with van der Waals surface area (Å²) in [5.41, 5.74) is 2.10. The summed E-state index contributed by atoms with van der Waals surface area (Å²) in [7, 11) is 0. The number of aryl methyl sites for hydroxylation is 1. The first-order valence-electron chi connectivity index (χ1n) is 8.66. The van der Waals surface area contributed by atoms with Crippen LogP contribution in [0.3, 0.4) is 0 Å². The van der Waals surface area contributed by atoms with Crippen LogP contribution in [0.2, 0.25) is 0 Å². The molecule has 0 bridgehead atoms. The normalized spacial score (nSPS) is 29.0. The number of aromatic hydroxyl groups is 1. The molecule has 2 N–H and O–H groups in total. The molecule has 3 heteroatoms. The van der Waals surface area contributed by atoms with E-state index in [9.17, 15) is 15.0 Å². The molecule has 124 valence electrons. The molecule has 2 aromatic carbocycles. The molecule has 0 aliphatic heterocycles. The second kappa shape index (κ2) is 5.75. The molecule has 3 nitrogen and oxygen atoms in total. The van der Waals surface area contributed by atoms with Crippen LogP contribution in [0.4, 0.5) is 0 Å². The van der Waals surface area contributed by atoms with E-state index in [-0.39, 0.29) is 17.5 Å². The fraction of sp³-hybridized carbons (Fsp3) is 0.381. The van der Waals surface area contributed by atoms with Gasteiger partial charge in [0.1, 0.15) is 11.4 Å². The van der Waals surface area contributed by atoms with E-state index >= 15 is 0 Å². The summed E-state index contributed by atoms with van der Waals surface area (Å²) in [5.74, 6) is 0.745. The summed E-state index contributed by atoms with van der Waals surface area (Å²) in [6.07, 6.45) is 3.20. The lowest BCUT2D eigenvalue weighted by Crippen LogP contribution is -2.49. The third-order valence-electron chi connectivity index (χ3n) is 5.74. The molecule has 3 atom stereocenters. The first kappa shape index (κ1) is 15.4. The number of hydrogen-bond donors (Lipinski definition) is 2. The second-order valence-corrected chi connectivity index (χ2v) is 7.31. The van der Waals surface area contributed by atoms with Crippen LogP contribution in [0.15, 0.2) is 48.5 Å². The van der Waals surface area contributed by atoms with E-state index in [1.807, 2.05) is 42.5 Å². The molecule has 1 fully saturated rings. The Hall–Kier alpha value is -2.13. The van der Waals surface area contributed by atoms with Gasteiger partial charge in [0, 0.05) is 12.8 Å². The Morgan fingerprint density at radius 2 is 1.92 bits per heavy atom. The summed E-state index contributed by atoms with van der Waals surface area (Å²) in [5, 5.41) is 20.7. The minimum atomic E-state index is -1.24. The van der Waals surface area contributed by atoms with Gasteiger partial charge in [0.25, 0.3) is 0 Å². The van der Waals surface area contributed by atoms with E-state index in [1.165, 1.54) is 5.56 Å². The molecule has 4 rings (SSSR count). The Kier molecular flexibility index (Phi) is 3.69. The van der Waals surface area contributed by atoms with Crippen molar-refractivity contribution in [2.24, 2.45) is 5.92 Å². The third kappa shape index (κ3) is 2.63. The number of ketones is 1. The number of phenols is 1. The van der Waals surface area contributed by atoms with Crippen LogP contribution in [0, 0.1) is 5.92 Å². The zero-order valence-corrected chi connectivity index (χ0v) is 13.6. The molecular formula is C21H22O3. The Labute approximate surface area is 142 Å². The molecule has 2 aliphatic carbocycles. The van der Waals surface area contributed by atoms with E-state index in [2.05, 4.69) is 0 Å². The van der Waals surface area contributed by atoms with Gasteiger partial charge in [0.2, 0.25) is 0 Å². The highest BCUT2D eigenvalue weighted by Gasteiger charge is 2.47. The molecule has 1 saturated carbocycles. The van der Waals surface area contributed by atoms with Gasteiger partial charge in [0.05, 0.1) is 0 Å². The van der Waals surface area contributed by atoms with E-state index < -0.39 is 5.60 Å². The number of rotatable bonds is 2. The topological polar surface area (TPSA) is 57.5 Å². The monoisotopic (exact) mass is 322 g/mol. The number of aliphatic hydroxyl groups is 1. The van der Waals surface area contributed by atoms with Crippen molar-refractivity contribution < 1.29 is 15.0 Å². The molecular weight excluding hydrogens is 300 g/mol.